The van der Waals surface area contributed by atoms with Crippen LogP contribution < -0.4 is 10.6 Å². The molecule has 0 aromatic heterocycles. The monoisotopic (exact) mass is 410 g/mol. The quantitative estimate of drug-likeness (QED) is 0.628. The average Bonchev–Trinajstić information content (AvgIpc) is 2.75. The zero-order chi connectivity index (χ0) is 22.1. The number of nitrogens with two attached hydrogens (primary N) is 1. The molecule has 0 aliphatic heterocycles. The lowest BCUT2D eigenvalue weighted by atomic mass is 9.95. The largest absolute Gasteiger partial charge is 0.339 e. The zero-order valence-corrected chi connectivity index (χ0v) is 18.9. The number of hydrogen-bond acceptors (Lipinski definition) is 2. The fourth-order valence-corrected chi connectivity index (χ4v) is 3.60. The van der Waals surface area contributed by atoms with E-state index in [-0.39, 0.29) is 17.9 Å². The molecule has 1 atom stereocenters. The van der Waals surface area contributed by atoms with Gasteiger partial charge in [0.05, 0.1) is 0 Å². The Kier molecular flexibility index (Phi) is 9.06. The van der Waals surface area contributed by atoms with Crippen LogP contribution in [0.15, 0.2) is 48.5 Å². The lowest BCUT2D eigenvalue weighted by molar-refractivity contribution is -0.692. The SMILES string of the molecule is CCc1ccc([C@@H]([NH2+]CC(=O)Nc2ccc(C(=O)N(CC)CC)cc2)C(C)C)cc1. The molecule has 0 spiro atoms. The van der Waals surface area contributed by atoms with Gasteiger partial charge in [0, 0.05) is 35.8 Å². The fourth-order valence-electron chi connectivity index (χ4n) is 3.60. The van der Waals surface area contributed by atoms with E-state index in [0.29, 0.717) is 36.8 Å². The summed E-state index contributed by atoms with van der Waals surface area (Å²) < 4.78 is 0. The van der Waals surface area contributed by atoms with Crippen LogP contribution in [0.3, 0.4) is 0 Å². The number of anilines is 1. The molecule has 30 heavy (non-hydrogen) atoms. The molecule has 0 bridgehead atoms. The molecule has 2 rings (SSSR count). The van der Waals surface area contributed by atoms with E-state index >= 15 is 0 Å². The summed E-state index contributed by atoms with van der Waals surface area (Å²) in [6, 6.07) is 16.0. The number of carbonyl (C=O) groups is 2. The molecule has 5 heteroatoms. The molecular weight excluding hydrogens is 374 g/mol. The van der Waals surface area contributed by atoms with Gasteiger partial charge < -0.3 is 15.5 Å². The third-order valence-electron chi connectivity index (χ3n) is 5.51. The minimum atomic E-state index is -0.0475. The van der Waals surface area contributed by atoms with Crippen molar-refractivity contribution in [1.29, 1.82) is 0 Å². The molecule has 0 saturated carbocycles. The molecule has 5 nitrogen and oxygen atoms in total. The van der Waals surface area contributed by atoms with Crippen molar-refractivity contribution in [3.05, 3.63) is 65.2 Å². The van der Waals surface area contributed by atoms with Crippen molar-refractivity contribution in [3.8, 4) is 0 Å². The Morgan fingerprint density at radius 2 is 1.53 bits per heavy atom. The second-order valence-electron chi connectivity index (χ2n) is 7.91. The van der Waals surface area contributed by atoms with Crippen molar-refractivity contribution < 1.29 is 14.9 Å². The van der Waals surface area contributed by atoms with E-state index < -0.39 is 0 Å². The fraction of sp³-hybridized carbons (Fsp3) is 0.440. The van der Waals surface area contributed by atoms with Crippen LogP contribution >= 0.6 is 0 Å². The summed E-state index contributed by atoms with van der Waals surface area (Å²) in [5.74, 6) is 0.379. The summed E-state index contributed by atoms with van der Waals surface area (Å²) in [7, 11) is 0. The predicted octanol–water partition coefficient (Wildman–Crippen LogP) is 3.63. The van der Waals surface area contributed by atoms with Crippen LogP contribution in [0.2, 0.25) is 0 Å². The van der Waals surface area contributed by atoms with Gasteiger partial charge in [-0.15, -0.1) is 0 Å². The molecule has 2 aromatic rings. The number of aryl methyl sites for hydroxylation is 1. The van der Waals surface area contributed by atoms with E-state index in [4.69, 9.17) is 0 Å². The van der Waals surface area contributed by atoms with Crippen LogP contribution in [0.5, 0.6) is 0 Å². The molecule has 0 radical (unpaired) electrons. The molecule has 162 valence electrons. The van der Waals surface area contributed by atoms with Crippen molar-refractivity contribution in [3.63, 3.8) is 0 Å². The van der Waals surface area contributed by atoms with Gasteiger partial charge in [0.25, 0.3) is 11.8 Å². The van der Waals surface area contributed by atoms with Crippen molar-refractivity contribution in [2.75, 3.05) is 25.0 Å². The van der Waals surface area contributed by atoms with Gasteiger partial charge in [-0.05, 0) is 50.1 Å². The van der Waals surface area contributed by atoms with E-state index in [1.165, 1.54) is 11.1 Å². The van der Waals surface area contributed by atoms with Gasteiger partial charge in [-0.2, -0.15) is 0 Å². The van der Waals surface area contributed by atoms with Crippen LogP contribution in [-0.2, 0) is 11.2 Å². The van der Waals surface area contributed by atoms with Crippen LogP contribution in [-0.4, -0.2) is 36.3 Å². The van der Waals surface area contributed by atoms with Crippen molar-refractivity contribution in [1.82, 2.24) is 4.90 Å². The standard InChI is InChI=1S/C25H35N3O2/c1-6-19-9-11-20(12-10-19)24(18(4)5)26-17-23(29)27-22-15-13-21(14-16-22)25(30)28(7-2)8-3/h9-16,18,24,26H,6-8,17H2,1-5H3,(H,27,29)/p+1/t24-/m0/s1. The van der Waals surface area contributed by atoms with Gasteiger partial charge in [-0.3, -0.25) is 9.59 Å². The van der Waals surface area contributed by atoms with Crippen molar-refractivity contribution in [2.24, 2.45) is 5.92 Å². The third-order valence-corrected chi connectivity index (χ3v) is 5.51. The predicted molar refractivity (Wildman–Crippen MR) is 123 cm³/mol. The summed E-state index contributed by atoms with van der Waals surface area (Å²) in [6.45, 7) is 12.2. The molecule has 0 aliphatic rings. The first kappa shape index (κ1) is 23.6. The van der Waals surface area contributed by atoms with Gasteiger partial charge in [-0.25, -0.2) is 0 Å². The molecule has 0 unspecified atom stereocenters. The molecule has 0 saturated heterocycles. The average molecular weight is 411 g/mol. The van der Waals surface area contributed by atoms with Crippen LogP contribution in [0.4, 0.5) is 5.69 Å². The highest BCUT2D eigenvalue weighted by Gasteiger charge is 2.20. The lowest BCUT2D eigenvalue weighted by Gasteiger charge is -2.20. The second kappa shape index (κ2) is 11.5. The number of quaternary nitrogens is 1. The first-order valence-electron chi connectivity index (χ1n) is 11.0. The van der Waals surface area contributed by atoms with Gasteiger partial charge in [0.15, 0.2) is 6.54 Å². The molecular formula is C25H36N3O2+. The highest BCUT2D eigenvalue weighted by molar-refractivity contribution is 5.96. The van der Waals surface area contributed by atoms with Crippen LogP contribution in [0, 0.1) is 5.92 Å². The molecule has 2 aromatic carbocycles. The minimum Gasteiger partial charge on any atom is -0.339 e. The first-order valence-corrected chi connectivity index (χ1v) is 11.0. The molecule has 3 N–H and O–H groups in total. The summed E-state index contributed by atoms with van der Waals surface area (Å²) in [5.41, 5.74) is 3.91. The van der Waals surface area contributed by atoms with Crippen molar-refractivity contribution >= 4 is 17.5 Å². The summed E-state index contributed by atoms with van der Waals surface area (Å²) in [4.78, 5) is 26.6. The van der Waals surface area contributed by atoms with Crippen molar-refractivity contribution in [2.45, 2.75) is 47.1 Å². The van der Waals surface area contributed by atoms with Gasteiger partial charge >= 0.3 is 0 Å². The van der Waals surface area contributed by atoms with E-state index in [2.05, 4.69) is 55.7 Å². The Bertz CT molecular complexity index is 809. The normalized spacial score (nSPS) is 11.9. The smallest absolute Gasteiger partial charge is 0.279 e. The molecule has 0 fully saturated rings. The number of nitrogens with zero attached hydrogens (tertiary/aromatic N) is 1. The molecule has 2 amide bonds. The number of amides is 2. The van der Waals surface area contributed by atoms with E-state index in [9.17, 15) is 9.59 Å². The van der Waals surface area contributed by atoms with Gasteiger partial charge in [0.2, 0.25) is 0 Å². The van der Waals surface area contributed by atoms with Crippen LogP contribution in [0.25, 0.3) is 0 Å². The zero-order valence-electron chi connectivity index (χ0n) is 18.9. The number of carbonyl (C=O) groups excluding carboxylic acids is 2. The van der Waals surface area contributed by atoms with E-state index in [1.54, 1.807) is 29.2 Å². The Hall–Kier alpha value is -2.66. The summed E-state index contributed by atoms with van der Waals surface area (Å²) in [5, 5.41) is 5.03. The third kappa shape index (κ3) is 6.42. The Labute approximate surface area is 180 Å². The van der Waals surface area contributed by atoms with Gasteiger partial charge in [0.1, 0.15) is 6.04 Å². The summed E-state index contributed by atoms with van der Waals surface area (Å²) >= 11 is 0. The minimum absolute atomic E-state index is 0.0140. The number of nitrogens with one attached hydrogen (secondary N) is 1. The Balaban J connectivity index is 1.94. The summed E-state index contributed by atoms with van der Waals surface area (Å²) in [6.07, 6.45) is 1.03. The highest BCUT2D eigenvalue weighted by Crippen LogP contribution is 2.18. The van der Waals surface area contributed by atoms with E-state index in [1.807, 2.05) is 13.8 Å². The van der Waals surface area contributed by atoms with E-state index in [0.717, 1.165) is 6.42 Å². The maximum atomic E-state index is 12.5. The number of hydrogen-bond donors (Lipinski definition) is 2. The maximum absolute atomic E-state index is 12.5. The van der Waals surface area contributed by atoms with Crippen LogP contribution in [0.1, 0.15) is 62.1 Å². The second-order valence-corrected chi connectivity index (χ2v) is 7.91. The lowest BCUT2D eigenvalue weighted by Crippen LogP contribution is -2.88. The Morgan fingerprint density at radius 3 is 2.03 bits per heavy atom. The highest BCUT2D eigenvalue weighted by atomic mass is 16.2. The Morgan fingerprint density at radius 1 is 0.933 bits per heavy atom. The first-order chi connectivity index (χ1) is 14.4. The topological polar surface area (TPSA) is 66.0 Å². The maximum Gasteiger partial charge on any atom is 0.279 e. The molecule has 0 aliphatic carbocycles. The van der Waals surface area contributed by atoms with Gasteiger partial charge in [-0.1, -0.05) is 45.0 Å². The molecule has 0 heterocycles. The number of rotatable bonds is 10. The number of benzene rings is 2.